The lowest BCUT2D eigenvalue weighted by Crippen LogP contribution is -2.06. The number of nitrogens with zero attached hydrogens (tertiary/aromatic N) is 2. The Kier molecular flexibility index (Phi) is 4.14. The molecule has 2 aromatic rings. The molecule has 104 valence electrons. The first kappa shape index (κ1) is 14.2. The number of anilines is 1. The van der Waals surface area contributed by atoms with E-state index >= 15 is 0 Å². The van der Waals surface area contributed by atoms with E-state index in [1.807, 2.05) is 13.0 Å². The van der Waals surface area contributed by atoms with Crippen molar-refractivity contribution in [2.45, 2.75) is 13.5 Å². The van der Waals surface area contributed by atoms with Crippen LogP contribution >= 0.6 is 11.6 Å². The Morgan fingerprint density at radius 3 is 2.90 bits per heavy atom. The monoisotopic (exact) mass is 295 g/mol. The summed E-state index contributed by atoms with van der Waals surface area (Å²) in [6.07, 6.45) is 1.63. The summed E-state index contributed by atoms with van der Waals surface area (Å²) in [6.45, 7) is 2.17. The van der Waals surface area contributed by atoms with E-state index in [0.29, 0.717) is 0 Å². The number of aryl methyl sites for hydroxylation is 1. The van der Waals surface area contributed by atoms with Crippen LogP contribution in [0.1, 0.15) is 11.3 Å². The van der Waals surface area contributed by atoms with Crippen LogP contribution in [0.25, 0.3) is 0 Å². The van der Waals surface area contributed by atoms with Gasteiger partial charge in [-0.15, -0.1) is 0 Å². The fraction of sp³-hybridized carbons (Fsp3) is 0.154. The summed E-state index contributed by atoms with van der Waals surface area (Å²) >= 11 is 5.65. The van der Waals surface area contributed by atoms with Crippen LogP contribution in [-0.4, -0.2) is 9.91 Å². The first-order chi connectivity index (χ1) is 9.49. The van der Waals surface area contributed by atoms with Crippen LogP contribution in [0.3, 0.4) is 0 Å². The molecule has 1 heterocycles. The minimum absolute atomic E-state index is 0.159. The molecule has 0 spiro atoms. The molecule has 7 heteroatoms. The van der Waals surface area contributed by atoms with E-state index in [4.69, 9.17) is 11.6 Å². The predicted octanol–water partition coefficient (Wildman–Crippen LogP) is 3.70. The van der Waals surface area contributed by atoms with Crippen molar-refractivity contribution in [1.29, 1.82) is 0 Å². The van der Waals surface area contributed by atoms with Crippen molar-refractivity contribution >= 4 is 23.0 Å². The number of rotatable bonds is 4. The Morgan fingerprint density at radius 1 is 1.50 bits per heavy atom. The predicted molar refractivity (Wildman–Crippen MR) is 74.4 cm³/mol. The summed E-state index contributed by atoms with van der Waals surface area (Å²) in [6, 6.07) is 5.69. The van der Waals surface area contributed by atoms with Crippen molar-refractivity contribution in [3.8, 4) is 0 Å². The second-order valence-corrected chi connectivity index (χ2v) is 4.57. The number of pyridine rings is 1. The van der Waals surface area contributed by atoms with E-state index in [-0.39, 0.29) is 22.9 Å². The molecular formula is C13H11ClFN3O2. The van der Waals surface area contributed by atoms with Crippen LogP contribution in [0, 0.1) is 22.9 Å². The Bertz CT molecular complexity index is 664. The molecule has 1 N–H and O–H groups in total. The van der Waals surface area contributed by atoms with Gasteiger partial charge in [-0.05, 0) is 24.6 Å². The van der Waals surface area contributed by atoms with Crippen molar-refractivity contribution < 1.29 is 9.31 Å². The Labute approximate surface area is 119 Å². The highest BCUT2D eigenvalue weighted by Crippen LogP contribution is 2.30. The van der Waals surface area contributed by atoms with Crippen LogP contribution in [-0.2, 0) is 6.54 Å². The van der Waals surface area contributed by atoms with E-state index in [2.05, 4.69) is 10.3 Å². The van der Waals surface area contributed by atoms with Gasteiger partial charge in [0.1, 0.15) is 11.5 Å². The lowest BCUT2D eigenvalue weighted by atomic mass is 10.2. The maximum absolute atomic E-state index is 13.3. The zero-order chi connectivity index (χ0) is 14.7. The van der Waals surface area contributed by atoms with Gasteiger partial charge in [0.25, 0.3) is 5.69 Å². The Morgan fingerprint density at radius 2 is 2.25 bits per heavy atom. The molecule has 0 radical (unpaired) electrons. The molecule has 0 fully saturated rings. The first-order valence-electron chi connectivity index (χ1n) is 5.77. The third-order valence-corrected chi connectivity index (χ3v) is 3.09. The molecule has 0 atom stereocenters. The molecule has 0 aliphatic carbocycles. The smallest absolute Gasteiger partial charge is 0.295 e. The van der Waals surface area contributed by atoms with Gasteiger partial charge in [-0.25, -0.2) is 4.39 Å². The fourth-order valence-electron chi connectivity index (χ4n) is 1.71. The zero-order valence-electron chi connectivity index (χ0n) is 10.6. The molecule has 0 saturated carbocycles. The molecule has 0 saturated heterocycles. The third kappa shape index (κ3) is 3.03. The second kappa shape index (κ2) is 5.83. The van der Waals surface area contributed by atoms with Gasteiger partial charge >= 0.3 is 0 Å². The Balaban J connectivity index is 2.27. The lowest BCUT2D eigenvalue weighted by molar-refractivity contribution is -0.384. The highest BCUT2D eigenvalue weighted by atomic mass is 35.5. The molecule has 1 aromatic carbocycles. The number of nitro groups is 1. The number of nitrogens with one attached hydrogen (secondary N) is 1. The summed E-state index contributed by atoms with van der Waals surface area (Å²) in [4.78, 5) is 14.4. The quantitative estimate of drug-likeness (QED) is 0.690. The molecule has 0 unspecified atom stereocenters. The molecule has 0 aliphatic rings. The van der Waals surface area contributed by atoms with Gasteiger partial charge in [-0.3, -0.25) is 15.1 Å². The van der Waals surface area contributed by atoms with Crippen LogP contribution in [0.4, 0.5) is 15.8 Å². The fourth-order valence-corrected chi connectivity index (χ4v) is 1.88. The van der Waals surface area contributed by atoms with Crippen molar-refractivity contribution in [2.75, 3.05) is 5.32 Å². The van der Waals surface area contributed by atoms with E-state index in [1.165, 1.54) is 6.07 Å². The lowest BCUT2D eigenvalue weighted by Gasteiger charge is -2.09. The maximum atomic E-state index is 13.3. The molecule has 2 rings (SSSR count). The summed E-state index contributed by atoms with van der Waals surface area (Å²) < 4.78 is 13.3. The van der Waals surface area contributed by atoms with Gasteiger partial charge in [0.2, 0.25) is 0 Å². The minimum atomic E-state index is -0.821. The largest absolute Gasteiger partial charge is 0.374 e. The first-order valence-corrected chi connectivity index (χ1v) is 6.14. The van der Waals surface area contributed by atoms with Crippen molar-refractivity contribution in [1.82, 2.24) is 4.98 Å². The molecule has 5 nitrogen and oxygen atoms in total. The van der Waals surface area contributed by atoms with Crippen LogP contribution in [0.2, 0.25) is 5.02 Å². The van der Waals surface area contributed by atoms with Crippen molar-refractivity contribution in [3.63, 3.8) is 0 Å². The van der Waals surface area contributed by atoms with E-state index in [1.54, 1.807) is 12.3 Å². The number of hydrogen-bond acceptors (Lipinski definition) is 4. The number of halogens is 2. The number of aromatic nitrogens is 1. The van der Waals surface area contributed by atoms with E-state index in [0.717, 1.165) is 17.3 Å². The number of benzene rings is 1. The van der Waals surface area contributed by atoms with Crippen molar-refractivity contribution in [3.05, 3.63) is 62.7 Å². The molecule has 20 heavy (non-hydrogen) atoms. The average Bonchev–Trinajstić information content (AvgIpc) is 2.41. The Hall–Kier alpha value is -2.21. The SMILES string of the molecule is Cc1cccnc1CNc1cc(Cl)c(F)cc1[N+](=O)[O-]. The van der Waals surface area contributed by atoms with Gasteiger partial charge in [-0.1, -0.05) is 17.7 Å². The number of hydrogen-bond donors (Lipinski definition) is 1. The van der Waals surface area contributed by atoms with Gasteiger partial charge in [0.05, 0.1) is 28.3 Å². The minimum Gasteiger partial charge on any atom is -0.374 e. The summed E-state index contributed by atoms with van der Waals surface area (Å²) in [7, 11) is 0. The van der Waals surface area contributed by atoms with Gasteiger partial charge in [0, 0.05) is 6.20 Å². The highest BCUT2D eigenvalue weighted by molar-refractivity contribution is 6.31. The van der Waals surface area contributed by atoms with Crippen LogP contribution in [0.15, 0.2) is 30.5 Å². The van der Waals surface area contributed by atoms with Gasteiger partial charge < -0.3 is 5.32 Å². The topological polar surface area (TPSA) is 68.1 Å². The normalized spacial score (nSPS) is 10.3. The van der Waals surface area contributed by atoms with Gasteiger partial charge in [-0.2, -0.15) is 0 Å². The zero-order valence-corrected chi connectivity index (χ0v) is 11.3. The van der Waals surface area contributed by atoms with Crippen molar-refractivity contribution in [2.24, 2.45) is 0 Å². The summed E-state index contributed by atoms with van der Waals surface area (Å²) in [5.74, 6) is -0.821. The van der Waals surface area contributed by atoms with Gasteiger partial charge in [0.15, 0.2) is 0 Å². The summed E-state index contributed by atoms with van der Waals surface area (Å²) in [5.41, 5.74) is 1.50. The molecular weight excluding hydrogens is 285 g/mol. The van der Waals surface area contributed by atoms with Crippen LogP contribution in [0.5, 0.6) is 0 Å². The van der Waals surface area contributed by atoms with E-state index < -0.39 is 10.7 Å². The molecule has 0 aliphatic heterocycles. The summed E-state index contributed by atoms with van der Waals surface area (Å²) in [5, 5.41) is 13.6. The highest BCUT2D eigenvalue weighted by Gasteiger charge is 2.17. The number of nitro benzene ring substituents is 1. The third-order valence-electron chi connectivity index (χ3n) is 2.80. The molecule has 0 bridgehead atoms. The van der Waals surface area contributed by atoms with E-state index in [9.17, 15) is 14.5 Å². The molecule has 1 aromatic heterocycles. The second-order valence-electron chi connectivity index (χ2n) is 4.16. The standard InChI is InChI=1S/C13H11ClFN3O2/c1-8-3-2-4-16-12(8)7-17-11-5-9(14)10(15)6-13(11)18(19)20/h2-6,17H,7H2,1H3. The molecule has 0 amide bonds. The maximum Gasteiger partial charge on any atom is 0.295 e. The average molecular weight is 296 g/mol. The van der Waals surface area contributed by atoms with Crippen LogP contribution < -0.4 is 5.32 Å².